The number of methoxy groups -OCH3 is 3. The molecule has 3 N–H and O–H groups in total. The third-order valence-corrected chi connectivity index (χ3v) is 11.4. The molecule has 3 aromatic carbocycles. The predicted octanol–water partition coefficient (Wildman–Crippen LogP) is 5.59. The lowest BCUT2D eigenvalue weighted by atomic mass is 9.96. The normalized spacial score (nSPS) is 20.3. The van der Waals surface area contributed by atoms with Gasteiger partial charge < -0.3 is 34.7 Å². The lowest BCUT2D eigenvalue weighted by Gasteiger charge is -2.29. The molecule has 4 aliphatic rings. The van der Waals surface area contributed by atoms with Crippen LogP contribution in [0.2, 0.25) is 0 Å². The zero-order valence-electron chi connectivity index (χ0n) is 32.1. The summed E-state index contributed by atoms with van der Waals surface area (Å²) in [6.45, 7) is 0.634. The Morgan fingerprint density at radius 2 is 1.58 bits per heavy atom. The zero-order valence-corrected chi connectivity index (χ0v) is 32.1. The second kappa shape index (κ2) is 16.1. The number of carbonyl (C=O) groups is 4. The van der Waals surface area contributed by atoms with Crippen LogP contribution in [0.5, 0.6) is 0 Å². The van der Waals surface area contributed by atoms with E-state index in [2.05, 4.69) is 70.2 Å². The smallest absolute Gasteiger partial charge is 0.407 e. The van der Waals surface area contributed by atoms with Crippen LogP contribution in [0.15, 0.2) is 84.1 Å². The van der Waals surface area contributed by atoms with Crippen molar-refractivity contribution < 1.29 is 33.4 Å². The Bertz CT molecular complexity index is 2250. The third-order valence-electron chi connectivity index (χ3n) is 11.4. The molecule has 0 bridgehead atoms. The van der Waals surface area contributed by atoms with Crippen LogP contribution in [-0.4, -0.2) is 97.2 Å². The molecule has 14 heteroatoms. The van der Waals surface area contributed by atoms with Gasteiger partial charge in [0.1, 0.15) is 17.9 Å². The number of para-hydroxylation sites is 1. The van der Waals surface area contributed by atoms with E-state index >= 15 is 0 Å². The average molecular weight is 772 g/mol. The molecule has 4 atom stereocenters. The van der Waals surface area contributed by atoms with Crippen LogP contribution in [0.4, 0.5) is 15.3 Å². The van der Waals surface area contributed by atoms with Crippen molar-refractivity contribution in [3.05, 3.63) is 102 Å². The summed E-state index contributed by atoms with van der Waals surface area (Å²) in [7, 11) is 4.05. The van der Waals surface area contributed by atoms with E-state index in [1.165, 1.54) is 21.3 Å². The average Bonchev–Trinajstić information content (AvgIpc) is 4.07. The second-order valence-corrected chi connectivity index (χ2v) is 14.7. The van der Waals surface area contributed by atoms with Gasteiger partial charge in [0.2, 0.25) is 11.8 Å². The molecule has 5 heterocycles. The SMILES string of the molecule is COC[C@H](NC(=O)OC)C(=O)N1CCC[C@H]1C1=NC=C(c2ccc(-c3ccc(-c4cnc([C@@H]5Cc6cccc7c6N5C(=O)[C@@H](NC(=O)OC)CC7)[nH]4)cc3)cc2)C1. The Morgan fingerprint density at radius 1 is 0.877 bits per heavy atom. The molecule has 0 spiro atoms. The fourth-order valence-corrected chi connectivity index (χ4v) is 8.50. The number of hydrogen-bond donors (Lipinski definition) is 3. The molecule has 4 amide bonds. The first-order chi connectivity index (χ1) is 27.8. The van der Waals surface area contributed by atoms with E-state index in [4.69, 9.17) is 24.2 Å². The van der Waals surface area contributed by atoms with E-state index in [1.54, 1.807) is 16.0 Å². The maximum absolute atomic E-state index is 13.9. The summed E-state index contributed by atoms with van der Waals surface area (Å²) in [6.07, 6.45) is 6.46. The van der Waals surface area contributed by atoms with Crippen LogP contribution in [-0.2, 0) is 36.6 Å². The van der Waals surface area contributed by atoms with Crippen molar-refractivity contribution in [1.29, 1.82) is 0 Å². The topological polar surface area (TPSA) is 168 Å². The number of imidazole rings is 1. The van der Waals surface area contributed by atoms with Gasteiger partial charge in [0.05, 0.1) is 50.5 Å². The summed E-state index contributed by atoms with van der Waals surface area (Å²) in [5.74, 6) is 0.307. The molecule has 294 valence electrons. The number of nitrogens with zero attached hydrogens (tertiary/aromatic N) is 4. The number of amides is 4. The number of hydrogen-bond acceptors (Lipinski definition) is 9. The van der Waals surface area contributed by atoms with Gasteiger partial charge in [-0.15, -0.1) is 0 Å². The number of likely N-dealkylation sites (tertiary alicyclic amines) is 1. The Hall–Kier alpha value is -6.28. The minimum atomic E-state index is -0.839. The van der Waals surface area contributed by atoms with Crippen LogP contribution in [0.1, 0.15) is 54.2 Å². The van der Waals surface area contributed by atoms with Gasteiger partial charge in [0.25, 0.3) is 0 Å². The van der Waals surface area contributed by atoms with E-state index in [0.29, 0.717) is 38.1 Å². The van der Waals surface area contributed by atoms with Crippen molar-refractivity contribution in [3.63, 3.8) is 0 Å². The fraction of sp³-hybridized carbons (Fsp3) is 0.349. The number of carbonyl (C=O) groups excluding carboxylic acids is 4. The second-order valence-electron chi connectivity index (χ2n) is 14.7. The van der Waals surface area contributed by atoms with Crippen LogP contribution in [0, 0.1) is 0 Å². The quantitative estimate of drug-likeness (QED) is 0.188. The number of aromatic nitrogens is 2. The first-order valence-corrected chi connectivity index (χ1v) is 19.2. The number of anilines is 1. The summed E-state index contributed by atoms with van der Waals surface area (Å²) < 4.78 is 14.7. The summed E-state index contributed by atoms with van der Waals surface area (Å²) in [5.41, 5.74) is 10.1. The van der Waals surface area contributed by atoms with Crippen LogP contribution >= 0.6 is 0 Å². The first-order valence-electron chi connectivity index (χ1n) is 19.2. The summed E-state index contributed by atoms with van der Waals surface area (Å²) in [5, 5.41) is 5.32. The highest BCUT2D eigenvalue weighted by atomic mass is 16.5. The van der Waals surface area contributed by atoms with Crippen LogP contribution in [0.25, 0.3) is 28.0 Å². The molecule has 1 aromatic heterocycles. The molecule has 0 aliphatic carbocycles. The molecule has 0 unspecified atom stereocenters. The standard InChI is InChI=1S/C43H45N7O7/c1-55-24-35(48-43(54)57-3)40(51)49-19-5-8-36(49)33-20-31(22-44-33)27-11-9-25(10-12-27)26-13-15-28(16-14-26)34-23-45-39(46-34)37-21-30-7-4-6-29-17-18-32(47-42(53)56-2)41(52)50(37)38(29)30/h4,6-7,9-16,22-23,32,35-37H,5,8,17-21,24H2,1-3H3,(H,45,46)(H,47,53)(H,48,54)/t32-,35-,36-,37-/m0/s1. The molecule has 4 aromatic rings. The number of aliphatic imine (C=N–C) groups is 1. The molecule has 1 fully saturated rings. The predicted molar refractivity (Wildman–Crippen MR) is 213 cm³/mol. The number of H-pyrrole nitrogens is 1. The van der Waals surface area contributed by atoms with Gasteiger partial charge >= 0.3 is 12.2 Å². The highest BCUT2D eigenvalue weighted by Crippen LogP contribution is 2.44. The van der Waals surface area contributed by atoms with Gasteiger partial charge in [-0.05, 0) is 64.6 Å². The van der Waals surface area contributed by atoms with Crippen molar-refractivity contribution in [2.24, 2.45) is 4.99 Å². The maximum atomic E-state index is 13.9. The fourth-order valence-electron chi connectivity index (χ4n) is 8.50. The van der Waals surface area contributed by atoms with E-state index in [-0.39, 0.29) is 30.5 Å². The lowest BCUT2D eigenvalue weighted by Crippen LogP contribution is -2.53. The largest absolute Gasteiger partial charge is 0.453 e. The molecule has 1 saturated heterocycles. The molecular weight excluding hydrogens is 727 g/mol. The number of allylic oxidation sites excluding steroid dienone is 1. The number of alkyl carbamates (subject to hydrolysis) is 2. The van der Waals surface area contributed by atoms with Gasteiger partial charge in [-0.2, -0.15) is 0 Å². The van der Waals surface area contributed by atoms with E-state index in [9.17, 15) is 19.2 Å². The molecule has 0 saturated carbocycles. The first kappa shape index (κ1) is 37.6. The van der Waals surface area contributed by atoms with Crippen molar-refractivity contribution in [3.8, 4) is 22.4 Å². The van der Waals surface area contributed by atoms with E-state index < -0.39 is 24.3 Å². The van der Waals surface area contributed by atoms with Gasteiger partial charge in [-0.1, -0.05) is 66.7 Å². The molecule has 57 heavy (non-hydrogen) atoms. The number of nitrogens with one attached hydrogen (secondary N) is 3. The van der Waals surface area contributed by atoms with Crippen LogP contribution in [0.3, 0.4) is 0 Å². The van der Waals surface area contributed by atoms with Crippen molar-refractivity contribution in [1.82, 2.24) is 25.5 Å². The van der Waals surface area contributed by atoms with Crippen molar-refractivity contribution in [2.45, 2.75) is 62.7 Å². The number of benzene rings is 3. The number of ether oxygens (including phenoxy) is 3. The Morgan fingerprint density at radius 3 is 2.30 bits per heavy atom. The Labute approximate surface area is 330 Å². The third kappa shape index (κ3) is 7.40. The molecule has 4 aliphatic heterocycles. The monoisotopic (exact) mass is 771 g/mol. The van der Waals surface area contributed by atoms with Gasteiger partial charge in [0.15, 0.2) is 0 Å². The Balaban J connectivity index is 0.920. The number of aryl methyl sites for hydroxylation is 1. The van der Waals surface area contributed by atoms with Gasteiger partial charge in [-0.3, -0.25) is 19.5 Å². The molecule has 14 nitrogen and oxygen atoms in total. The molecule has 8 rings (SSSR count). The van der Waals surface area contributed by atoms with Crippen molar-refractivity contribution >= 4 is 41.0 Å². The summed E-state index contributed by atoms with van der Waals surface area (Å²) in [4.78, 5) is 67.9. The zero-order chi connectivity index (χ0) is 39.6. The summed E-state index contributed by atoms with van der Waals surface area (Å²) >= 11 is 0. The van der Waals surface area contributed by atoms with E-state index in [0.717, 1.165) is 68.9 Å². The molecule has 0 radical (unpaired) electrons. The van der Waals surface area contributed by atoms with Gasteiger partial charge in [0, 0.05) is 38.4 Å². The van der Waals surface area contributed by atoms with E-state index in [1.807, 2.05) is 18.3 Å². The Kier molecular flexibility index (Phi) is 10.6. The maximum Gasteiger partial charge on any atom is 0.407 e. The minimum Gasteiger partial charge on any atom is -0.453 e. The highest BCUT2D eigenvalue weighted by molar-refractivity contribution is 6.04. The minimum absolute atomic E-state index is 0.0471. The number of aromatic amines is 1. The van der Waals surface area contributed by atoms with Crippen LogP contribution < -0.4 is 15.5 Å². The summed E-state index contributed by atoms with van der Waals surface area (Å²) in [6, 6.07) is 20.8. The lowest BCUT2D eigenvalue weighted by molar-refractivity contribution is -0.134. The highest BCUT2D eigenvalue weighted by Gasteiger charge is 2.43. The van der Waals surface area contributed by atoms with Crippen molar-refractivity contribution in [2.75, 3.05) is 39.4 Å². The molecular formula is C43H45N7O7. The van der Waals surface area contributed by atoms with Gasteiger partial charge in [-0.25, -0.2) is 14.6 Å². The number of rotatable bonds is 10.